The van der Waals surface area contributed by atoms with Crippen LogP contribution in [0, 0.1) is 0 Å². The Morgan fingerprint density at radius 1 is 1.33 bits per heavy atom. The minimum atomic E-state index is -0.328. The summed E-state index contributed by atoms with van der Waals surface area (Å²) in [5.41, 5.74) is 5.56. The van der Waals surface area contributed by atoms with Crippen LogP contribution in [0.5, 0.6) is 0 Å². The lowest BCUT2D eigenvalue weighted by Gasteiger charge is -2.33. The Morgan fingerprint density at radius 3 is 2.67 bits per heavy atom. The van der Waals surface area contributed by atoms with Crippen LogP contribution >= 0.6 is 0 Å². The normalized spacial score (nSPS) is 24.2. The number of hydrogen-bond donors (Lipinski definition) is 1. The van der Waals surface area contributed by atoms with Crippen LogP contribution in [0.1, 0.15) is 19.3 Å². The van der Waals surface area contributed by atoms with Gasteiger partial charge in [-0.1, -0.05) is 0 Å². The summed E-state index contributed by atoms with van der Waals surface area (Å²) in [7, 11) is 1.55. The van der Waals surface area contributed by atoms with Gasteiger partial charge in [-0.05, 0) is 12.8 Å². The first-order valence-electron chi connectivity index (χ1n) is 7.56. The molecule has 0 aromatic carbocycles. The molecular weight excluding hydrogens is 274 g/mol. The van der Waals surface area contributed by atoms with E-state index in [0.717, 1.165) is 12.8 Å². The van der Waals surface area contributed by atoms with Crippen molar-refractivity contribution in [2.45, 2.75) is 31.4 Å². The maximum Gasteiger partial charge on any atom is 0.245 e. The Bertz CT molecular complexity index is 367. The molecule has 120 valence electrons. The summed E-state index contributed by atoms with van der Waals surface area (Å²) >= 11 is 0. The molecule has 2 atom stereocenters. The highest BCUT2D eigenvalue weighted by Gasteiger charge is 2.37. The van der Waals surface area contributed by atoms with Gasteiger partial charge in [-0.2, -0.15) is 0 Å². The zero-order chi connectivity index (χ0) is 15.2. The van der Waals surface area contributed by atoms with Gasteiger partial charge < -0.3 is 25.0 Å². The molecule has 7 nitrogen and oxygen atoms in total. The van der Waals surface area contributed by atoms with Gasteiger partial charge in [-0.15, -0.1) is 0 Å². The number of rotatable bonds is 5. The van der Waals surface area contributed by atoms with Gasteiger partial charge in [0.1, 0.15) is 6.04 Å². The zero-order valence-electron chi connectivity index (χ0n) is 12.6. The van der Waals surface area contributed by atoms with Crippen LogP contribution in [0.2, 0.25) is 0 Å². The Balaban J connectivity index is 1.95. The Hall–Kier alpha value is -1.18. The second kappa shape index (κ2) is 7.72. The van der Waals surface area contributed by atoms with E-state index in [0.29, 0.717) is 39.4 Å². The number of amides is 2. The molecule has 7 heteroatoms. The summed E-state index contributed by atoms with van der Waals surface area (Å²) in [6, 6.07) is -0.328. The fourth-order valence-corrected chi connectivity index (χ4v) is 2.89. The lowest BCUT2D eigenvalue weighted by Crippen LogP contribution is -2.51. The zero-order valence-corrected chi connectivity index (χ0v) is 12.6. The largest absolute Gasteiger partial charge is 0.380 e. The van der Waals surface area contributed by atoms with E-state index in [4.69, 9.17) is 15.2 Å². The van der Waals surface area contributed by atoms with Crippen LogP contribution in [0.15, 0.2) is 0 Å². The van der Waals surface area contributed by atoms with Gasteiger partial charge in [0.05, 0.1) is 25.7 Å². The number of hydrogen-bond acceptors (Lipinski definition) is 5. The highest BCUT2D eigenvalue weighted by molar-refractivity contribution is 5.88. The van der Waals surface area contributed by atoms with Gasteiger partial charge in [-0.3, -0.25) is 9.59 Å². The van der Waals surface area contributed by atoms with Gasteiger partial charge in [0.2, 0.25) is 11.8 Å². The minimum absolute atomic E-state index is 0.0450. The van der Waals surface area contributed by atoms with Gasteiger partial charge in [-0.25, -0.2) is 0 Å². The smallest absolute Gasteiger partial charge is 0.245 e. The van der Waals surface area contributed by atoms with Crippen molar-refractivity contribution in [1.82, 2.24) is 9.80 Å². The molecule has 2 aliphatic rings. The lowest BCUT2D eigenvalue weighted by molar-refractivity contribution is -0.147. The number of methoxy groups -OCH3 is 1. The highest BCUT2D eigenvalue weighted by Crippen LogP contribution is 2.21. The van der Waals surface area contributed by atoms with Crippen LogP contribution < -0.4 is 5.73 Å². The number of nitrogens with zero attached hydrogens (tertiary/aromatic N) is 2. The second-order valence-electron chi connectivity index (χ2n) is 5.48. The summed E-state index contributed by atoms with van der Waals surface area (Å²) in [5.74, 6) is 0.00211. The fourth-order valence-electron chi connectivity index (χ4n) is 2.89. The van der Waals surface area contributed by atoms with Gasteiger partial charge in [0, 0.05) is 33.3 Å². The van der Waals surface area contributed by atoms with Gasteiger partial charge in [0.25, 0.3) is 0 Å². The van der Waals surface area contributed by atoms with E-state index in [9.17, 15) is 9.59 Å². The number of carbonyl (C=O) groups excluding carboxylic acids is 2. The predicted molar refractivity (Wildman–Crippen MR) is 76.6 cm³/mol. The summed E-state index contributed by atoms with van der Waals surface area (Å²) < 4.78 is 10.4. The first-order chi connectivity index (χ1) is 10.2. The first-order valence-corrected chi connectivity index (χ1v) is 7.56. The SMILES string of the molecule is COC(CN)CC(=O)N1CCCC1C(=O)N1CCOCC1. The molecule has 2 heterocycles. The molecule has 0 aromatic rings. The van der Waals surface area contributed by atoms with Crippen LogP contribution in [0.25, 0.3) is 0 Å². The number of likely N-dealkylation sites (tertiary alicyclic amines) is 1. The van der Waals surface area contributed by atoms with Gasteiger partial charge in [0.15, 0.2) is 0 Å². The minimum Gasteiger partial charge on any atom is -0.380 e. The van der Waals surface area contributed by atoms with Gasteiger partial charge >= 0.3 is 0 Å². The summed E-state index contributed by atoms with van der Waals surface area (Å²) in [4.78, 5) is 28.4. The Kier molecular flexibility index (Phi) is 5.96. The van der Waals surface area contributed by atoms with Crippen molar-refractivity contribution in [1.29, 1.82) is 0 Å². The molecule has 2 aliphatic heterocycles. The highest BCUT2D eigenvalue weighted by atomic mass is 16.5. The van der Waals surface area contributed by atoms with Crippen molar-refractivity contribution >= 4 is 11.8 Å². The van der Waals surface area contributed by atoms with Crippen LogP contribution in [-0.2, 0) is 19.1 Å². The maximum atomic E-state index is 12.6. The van der Waals surface area contributed by atoms with E-state index in [1.54, 1.807) is 16.9 Å². The van der Waals surface area contributed by atoms with E-state index in [1.165, 1.54) is 0 Å². The average Bonchev–Trinajstić information content (AvgIpc) is 3.02. The molecule has 0 aliphatic carbocycles. The molecular formula is C14H25N3O4. The maximum absolute atomic E-state index is 12.6. The van der Waals surface area contributed by atoms with Crippen molar-refractivity contribution in [3.8, 4) is 0 Å². The Morgan fingerprint density at radius 2 is 2.05 bits per heavy atom. The van der Waals surface area contributed by atoms with Crippen LogP contribution in [-0.4, -0.2) is 80.3 Å². The van der Waals surface area contributed by atoms with Crippen LogP contribution in [0.4, 0.5) is 0 Å². The van der Waals surface area contributed by atoms with Crippen molar-refractivity contribution in [3.05, 3.63) is 0 Å². The second-order valence-corrected chi connectivity index (χ2v) is 5.48. The molecule has 0 spiro atoms. The monoisotopic (exact) mass is 299 g/mol. The first kappa shape index (κ1) is 16.2. The standard InChI is InChI=1S/C14H25N3O4/c1-20-11(10-15)9-13(18)17-4-2-3-12(17)14(19)16-5-7-21-8-6-16/h11-12H,2-10,15H2,1H3. The number of carbonyl (C=O) groups is 2. The number of nitrogens with two attached hydrogens (primary N) is 1. The fraction of sp³-hybridized carbons (Fsp3) is 0.857. The third-order valence-electron chi connectivity index (χ3n) is 4.18. The number of morpholine rings is 1. The van der Waals surface area contributed by atoms with Crippen molar-refractivity contribution in [2.75, 3.05) is 46.5 Å². The topological polar surface area (TPSA) is 85.1 Å². The van der Waals surface area contributed by atoms with E-state index in [1.807, 2.05) is 0 Å². The third-order valence-corrected chi connectivity index (χ3v) is 4.18. The third kappa shape index (κ3) is 3.93. The quantitative estimate of drug-likeness (QED) is 0.718. The molecule has 2 N–H and O–H groups in total. The van der Waals surface area contributed by atoms with E-state index >= 15 is 0 Å². The molecule has 2 fully saturated rings. The molecule has 2 unspecified atom stereocenters. The summed E-state index contributed by atoms with van der Waals surface area (Å²) in [6.45, 7) is 3.32. The van der Waals surface area contributed by atoms with Crippen molar-refractivity contribution < 1.29 is 19.1 Å². The van der Waals surface area contributed by atoms with E-state index < -0.39 is 0 Å². The predicted octanol–water partition coefficient (Wildman–Crippen LogP) is -0.800. The molecule has 21 heavy (non-hydrogen) atoms. The summed E-state index contributed by atoms with van der Waals surface area (Å²) in [6.07, 6.45) is 1.56. The van der Waals surface area contributed by atoms with E-state index in [2.05, 4.69) is 0 Å². The molecule has 2 amide bonds. The average molecular weight is 299 g/mol. The van der Waals surface area contributed by atoms with Crippen LogP contribution in [0.3, 0.4) is 0 Å². The molecule has 0 bridgehead atoms. The molecule has 2 rings (SSSR count). The molecule has 0 radical (unpaired) electrons. The van der Waals surface area contributed by atoms with Crippen molar-refractivity contribution in [3.63, 3.8) is 0 Å². The summed E-state index contributed by atoms with van der Waals surface area (Å²) in [5, 5.41) is 0. The molecule has 0 aromatic heterocycles. The van der Waals surface area contributed by atoms with E-state index in [-0.39, 0.29) is 30.4 Å². The number of ether oxygens (including phenoxy) is 2. The lowest BCUT2D eigenvalue weighted by atomic mass is 10.1. The Labute approximate surface area is 125 Å². The molecule has 2 saturated heterocycles. The molecule has 0 saturated carbocycles. The van der Waals surface area contributed by atoms with Crippen molar-refractivity contribution in [2.24, 2.45) is 5.73 Å².